The number of para-hydroxylation sites is 1. The van der Waals surface area contributed by atoms with E-state index in [0.29, 0.717) is 17.9 Å². The molecule has 0 radical (unpaired) electrons. The molecule has 2 aromatic carbocycles. The zero-order valence-electron chi connectivity index (χ0n) is 8.79. The van der Waals surface area contributed by atoms with Crippen molar-refractivity contribution in [2.45, 2.75) is 6.61 Å². The van der Waals surface area contributed by atoms with E-state index in [1.54, 1.807) is 30.3 Å². The highest BCUT2D eigenvalue weighted by molar-refractivity contribution is 5.24. The third-order valence-electron chi connectivity index (χ3n) is 2.23. The fraction of sp³-hybridized carbons (Fsp3) is 0.0769. The predicted octanol–water partition coefficient (Wildman–Crippen LogP) is 3.68. The molecule has 0 saturated heterocycles. The highest BCUT2D eigenvalue weighted by Gasteiger charge is 2.11. The lowest BCUT2D eigenvalue weighted by atomic mass is 10.2. The lowest BCUT2D eigenvalue weighted by Crippen LogP contribution is -2.02. The average Bonchev–Trinajstić information content (AvgIpc) is 2.29. The first-order valence-corrected chi connectivity index (χ1v) is 4.98. The van der Waals surface area contributed by atoms with Crippen LogP contribution in [0.4, 0.5) is 13.2 Å². The monoisotopic (exact) mass is 238 g/mol. The first-order valence-electron chi connectivity index (χ1n) is 4.98. The first-order chi connectivity index (χ1) is 8.16. The maximum Gasteiger partial charge on any atom is 0.135 e. The van der Waals surface area contributed by atoms with Crippen molar-refractivity contribution in [1.82, 2.24) is 0 Å². The van der Waals surface area contributed by atoms with Gasteiger partial charge >= 0.3 is 0 Å². The molecule has 0 heterocycles. The van der Waals surface area contributed by atoms with Gasteiger partial charge in [-0.25, -0.2) is 13.2 Å². The van der Waals surface area contributed by atoms with E-state index in [0.717, 1.165) is 0 Å². The molecule has 1 nitrogen and oxygen atoms in total. The van der Waals surface area contributed by atoms with E-state index in [-0.39, 0.29) is 12.2 Å². The standard InChI is InChI=1S/C13H9F3O/c14-9-6-12(15)11(13(16)7-9)8-17-10-4-2-1-3-5-10/h1-7H,8H2. The smallest absolute Gasteiger partial charge is 0.135 e. The van der Waals surface area contributed by atoms with Crippen molar-refractivity contribution in [2.75, 3.05) is 0 Å². The van der Waals surface area contributed by atoms with Crippen LogP contribution in [0.1, 0.15) is 5.56 Å². The van der Waals surface area contributed by atoms with Crippen molar-refractivity contribution >= 4 is 0 Å². The van der Waals surface area contributed by atoms with Crippen LogP contribution >= 0.6 is 0 Å². The fourth-order valence-corrected chi connectivity index (χ4v) is 1.38. The van der Waals surface area contributed by atoms with Crippen molar-refractivity contribution in [3.63, 3.8) is 0 Å². The summed E-state index contributed by atoms with van der Waals surface area (Å²) in [4.78, 5) is 0. The molecule has 0 unspecified atom stereocenters. The van der Waals surface area contributed by atoms with Crippen LogP contribution in [0, 0.1) is 17.5 Å². The van der Waals surface area contributed by atoms with Crippen LogP contribution in [-0.4, -0.2) is 0 Å². The number of rotatable bonds is 3. The molecule has 0 fully saturated rings. The quantitative estimate of drug-likeness (QED) is 0.792. The van der Waals surface area contributed by atoms with Crippen LogP contribution in [0.3, 0.4) is 0 Å². The van der Waals surface area contributed by atoms with Crippen LogP contribution in [0.2, 0.25) is 0 Å². The van der Waals surface area contributed by atoms with Crippen LogP contribution < -0.4 is 4.74 Å². The Balaban J connectivity index is 2.15. The molecule has 2 rings (SSSR count). The summed E-state index contributed by atoms with van der Waals surface area (Å²) in [6, 6.07) is 9.88. The number of hydrogen-bond acceptors (Lipinski definition) is 1. The Hall–Kier alpha value is -1.97. The number of benzene rings is 2. The lowest BCUT2D eigenvalue weighted by molar-refractivity contribution is 0.292. The van der Waals surface area contributed by atoms with Crippen LogP contribution in [0.5, 0.6) is 5.75 Å². The van der Waals surface area contributed by atoms with Crippen molar-refractivity contribution in [1.29, 1.82) is 0 Å². The maximum atomic E-state index is 13.3. The molecule has 0 saturated carbocycles. The number of ether oxygens (including phenoxy) is 1. The van der Waals surface area contributed by atoms with E-state index >= 15 is 0 Å². The molecule has 4 heteroatoms. The Morgan fingerprint density at radius 2 is 1.47 bits per heavy atom. The van der Waals surface area contributed by atoms with E-state index in [1.807, 2.05) is 0 Å². The van der Waals surface area contributed by atoms with Crippen molar-refractivity contribution < 1.29 is 17.9 Å². The van der Waals surface area contributed by atoms with Gasteiger partial charge in [-0.2, -0.15) is 0 Å². The first kappa shape index (κ1) is 11.5. The predicted molar refractivity (Wildman–Crippen MR) is 57.1 cm³/mol. The minimum Gasteiger partial charge on any atom is -0.489 e. The van der Waals surface area contributed by atoms with Gasteiger partial charge in [0.2, 0.25) is 0 Å². The van der Waals surface area contributed by atoms with Gasteiger partial charge in [-0.15, -0.1) is 0 Å². The third-order valence-corrected chi connectivity index (χ3v) is 2.23. The summed E-state index contributed by atoms with van der Waals surface area (Å²) >= 11 is 0. The molecule has 0 aliphatic carbocycles. The van der Waals surface area contributed by atoms with E-state index in [2.05, 4.69) is 0 Å². The van der Waals surface area contributed by atoms with Gasteiger partial charge in [0.15, 0.2) is 0 Å². The summed E-state index contributed by atoms with van der Waals surface area (Å²) < 4.78 is 44.3. The van der Waals surface area contributed by atoms with Gasteiger partial charge in [0.1, 0.15) is 29.8 Å². The van der Waals surface area contributed by atoms with Gasteiger partial charge in [0, 0.05) is 12.1 Å². The molecular weight excluding hydrogens is 229 g/mol. The summed E-state index contributed by atoms with van der Waals surface area (Å²) in [6.45, 7) is -0.276. The molecular formula is C13H9F3O. The van der Waals surface area contributed by atoms with Crippen LogP contribution in [-0.2, 0) is 6.61 Å². The van der Waals surface area contributed by atoms with Crippen LogP contribution in [0.15, 0.2) is 42.5 Å². The minimum atomic E-state index is -0.946. The third kappa shape index (κ3) is 2.78. The summed E-state index contributed by atoms with van der Waals surface area (Å²) in [6.07, 6.45) is 0. The molecule has 0 bridgehead atoms. The Bertz CT molecular complexity index is 488. The molecule has 0 aromatic heterocycles. The zero-order valence-corrected chi connectivity index (χ0v) is 8.79. The Morgan fingerprint density at radius 1 is 0.882 bits per heavy atom. The van der Waals surface area contributed by atoms with Crippen molar-refractivity contribution in [3.05, 3.63) is 65.5 Å². The molecule has 0 atom stereocenters. The number of halogens is 3. The topological polar surface area (TPSA) is 9.23 Å². The fourth-order valence-electron chi connectivity index (χ4n) is 1.38. The van der Waals surface area contributed by atoms with Crippen molar-refractivity contribution in [2.24, 2.45) is 0 Å². The SMILES string of the molecule is Fc1cc(F)c(COc2ccccc2)c(F)c1. The second-order valence-electron chi connectivity index (χ2n) is 3.45. The van der Waals surface area contributed by atoms with Gasteiger partial charge < -0.3 is 4.74 Å². The van der Waals surface area contributed by atoms with E-state index < -0.39 is 17.5 Å². The van der Waals surface area contributed by atoms with Gasteiger partial charge in [0.25, 0.3) is 0 Å². The molecule has 17 heavy (non-hydrogen) atoms. The van der Waals surface area contributed by atoms with Gasteiger partial charge in [-0.05, 0) is 12.1 Å². The van der Waals surface area contributed by atoms with E-state index in [4.69, 9.17) is 4.74 Å². The van der Waals surface area contributed by atoms with Crippen molar-refractivity contribution in [3.8, 4) is 5.75 Å². The maximum absolute atomic E-state index is 13.3. The largest absolute Gasteiger partial charge is 0.489 e. The Kier molecular flexibility index (Phi) is 3.32. The highest BCUT2D eigenvalue weighted by atomic mass is 19.1. The average molecular weight is 238 g/mol. The summed E-state index contributed by atoms with van der Waals surface area (Å²) in [5, 5.41) is 0. The summed E-state index contributed by atoms with van der Waals surface area (Å²) in [5.74, 6) is -2.34. The summed E-state index contributed by atoms with van der Waals surface area (Å²) in [7, 11) is 0. The van der Waals surface area contributed by atoms with Gasteiger partial charge in [-0.1, -0.05) is 18.2 Å². The zero-order chi connectivity index (χ0) is 12.3. The Labute approximate surface area is 96.5 Å². The van der Waals surface area contributed by atoms with E-state index in [1.165, 1.54) is 0 Å². The normalized spacial score (nSPS) is 10.3. The molecule has 0 N–H and O–H groups in total. The second-order valence-corrected chi connectivity index (χ2v) is 3.45. The second kappa shape index (κ2) is 4.91. The molecule has 0 spiro atoms. The lowest BCUT2D eigenvalue weighted by Gasteiger charge is -2.08. The van der Waals surface area contributed by atoms with Gasteiger partial charge in [0.05, 0.1) is 5.56 Å². The molecule has 2 aromatic rings. The van der Waals surface area contributed by atoms with Gasteiger partial charge in [-0.3, -0.25) is 0 Å². The minimum absolute atomic E-state index is 0.276. The molecule has 0 aliphatic heterocycles. The summed E-state index contributed by atoms with van der Waals surface area (Å²) in [5.41, 5.74) is -0.282. The molecule has 0 aliphatic rings. The Morgan fingerprint density at radius 3 is 2.06 bits per heavy atom. The van der Waals surface area contributed by atoms with E-state index in [9.17, 15) is 13.2 Å². The highest BCUT2D eigenvalue weighted by Crippen LogP contribution is 2.17. The number of hydrogen-bond donors (Lipinski definition) is 0. The van der Waals surface area contributed by atoms with Crippen LogP contribution in [0.25, 0.3) is 0 Å². The molecule has 88 valence electrons. The molecule has 0 amide bonds.